The lowest BCUT2D eigenvalue weighted by atomic mass is 10.2. The lowest BCUT2D eigenvalue weighted by molar-refractivity contribution is -0.0450. The Morgan fingerprint density at radius 3 is 2.95 bits per heavy atom. The molecule has 3 heterocycles. The number of aromatic nitrogens is 4. The summed E-state index contributed by atoms with van der Waals surface area (Å²) in [6.07, 6.45) is 0.0424. The number of methoxy groups -OCH3 is 1. The molecule has 9 heteroatoms. The molecule has 1 saturated heterocycles. The van der Waals surface area contributed by atoms with Crippen molar-refractivity contribution in [1.82, 2.24) is 19.5 Å². The van der Waals surface area contributed by atoms with Crippen molar-refractivity contribution >= 4 is 17.1 Å². The highest BCUT2D eigenvalue weighted by molar-refractivity contribution is 5.72. The summed E-state index contributed by atoms with van der Waals surface area (Å²) in [6.45, 7) is -0.247. The third kappa shape index (κ3) is 2.28. The maximum absolute atomic E-state index is 9.89. The van der Waals surface area contributed by atoms with Crippen molar-refractivity contribution in [2.45, 2.75) is 24.9 Å². The molecule has 1 aliphatic heterocycles. The Morgan fingerprint density at radius 2 is 2.33 bits per heavy atom. The van der Waals surface area contributed by atoms with Crippen LogP contribution < -0.4 is 10.1 Å². The number of anilines is 1. The fourth-order valence-electron chi connectivity index (χ4n) is 2.43. The summed E-state index contributed by atoms with van der Waals surface area (Å²) in [5.74, 6) is 0.448. The summed E-state index contributed by atoms with van der Waals surface area (Å²) in [5, 5.41) is 21.9. The van der Waals surface area contributed by atoms with E-state index in [0.717, 1.165) is 0 Å². The van der Waals surface area contributed by atoms with Crippen LogP contribution in [0.25, 0.3) is 11.2 Å². The van der Waals surface area contributed by atoms with Gasteiger partial charge in [0, 0.05) is 13.5 Å². The Bertz CT molecular complexity index is 646. The molecular weight excluding hydrogens is 278 g/mol. The zero-order valence-electron chi connectivity index (χ0n) is 11.7. The second kappa shape index (κ2) is 5.43. The highest BCUT2D eigenvalue weighted by atomic mass is 16.5. The van der Waals surface area contributed by atoms with Gasteiger partial charge in [-0.3, -0.25) is 4.57 Å². The SMILES string of the molecule is CNc1ncc2nc(OC)n([C@@H]3C[C@@H](O)[C@H](CO)O3)c2n1. The zero-order valence-corrected chi connectivity index (χ0v) is 11.7. The van der Waals surface area contributed by atoms with Gasteiger partial charge in [-0.05, 0) is 0 Å². The smallest absolute Gasteiger partial charge is 0.300 e. The number of nitrogens with one attached hydrogen (secondary N) is 1. The third-order valence-corrected chi connectivity index (χ3v) is 3.48. The van der Waals surface area contributed by atoms with Gasteiger partial charge in [-0.2, -0.15) is 9.97 Å². The lowest BCUT2D eigenvalue weighted by Crippen LogP contribution is -2.24. The van der Waals surface area contributed by atoms with Gasteiger partial charge in [0.1, 0.15) is 17.8 Å². The number of hydrogen-bond acceptors (Lipinski definition) is 8. The molecule has 3 atom stereocenters. The van der Waals surface area contributed by atoms with Crippen LogP contribution in [0.15, 0.2) is 6.20 Å². The standard InChI is InChI=1S/C12H17N5O4/c1-13-11-14-4-6-10(16-11)17(12(15-6)20-2)9-3-7(19)8(5-18)21-9/h4,7-9,18-19H,3,5H2,1-2H3,(H,13,14,16)/t7-,8+,9+/m1/s1. The van der Waals surface area contributed by atoms with E-state index in [9.17, 15) is 10.2 Å². The average Bonchev–Trinajstić information content (AvgIpc) is 3.05. The van der Waals surface area contributed by atoms with Crippen LogP contribution in [-0.2, 0) is 4.74 Å². The summed E-state index contributed by atoms with van der Waals surface area (Å²) in [6, 6.07) is 0.323. The van der Waals surface area contributed by atoms with Crippen molar-refractivity contribution < 1.29 is 19.7 Å². The zero-order chi connectivity index (χ0) is 15.0. The third-order valence-electron chi connectivity index (χ3n) is 3.48. The van der Waals surface area contributed by atoms with Gasteiger partial charge < -0.3 is 25.0 Å². The first kappa shape index (κ1) is 14.0. The second-order valence-corrected chi connectivity index (χ2v) is 4.74. The van der Waals surface area contributed by atoms with E-state index in [-0.39, 0.29) is 6.61 Å². The molecule has 2 aromatic heterocycles. The number of rotatable bonds is 4. The van der Waals surface area contributed by atoms with Crippen LogP contribution >= 0.6 is 0 Å². The number of nitrogens with zero attached hydrogens (tertiary/aromatic N) is 4. The summed E-state index contributed by atoms with van der Waals surface area (Å²) in [7, 11) is 3.22. The second-order valence-electron chi connectivity index (χ2n) is 4.74. The highest BCUT2D eigenvalue weighted by Crippen LogP contribution is 2.34. The molecule has 0 radical (unpaired) electrons. The van der Waals surface area contributed by atoms with Gasteiger partial charge in [-0.15, -0.1) is 0 Å². The van der Waals surface area contributed by atoms with Gasteiger partial charge in [0.15, 0.2) is 5.65 Å². The largest absolute Gasteiger partial charge is 0.468 e. The predicted octanol–water partition coefficient (Wildman–Crippen LogP) is -0.483. The van der Waals surface area contributed by atoms with E-state index in [1.165, 1.54) is 7.11 Å². The number of imidazole rings is 1. The molecule has 0 bridgehead atoms. The van der Waals surface area contributed by atoms with E-state index < -0.39 is 18.4 Å². The monoisotopic (exact) mass is 295 g/mol. The van der Waals surface area contributed by atoms with Crippen molar-refractivity contribution in [2.75, 3.05) is 26.1 Å². The van der Waals surface area contributed by atoms with Crippen LogP contribution in [0.4, 0.5) is 5.95 Å². The maximum Gasteiger partial charge on any atom is 0.300 e. The van der Waals surface area contributed by atoms with E-state index in [4.69, 9.17) is 9.47 Å². The topological polar surface area (TPSA) is 115 Å². The first-order valence-electron chi connectivity index (χ1n) is 6.59. The van der Waals surface area contributed by atoms with Crippen LogP contribution in [0.1, 0.15) is 12.6 Å². The van der Waals surface area contributed by atoms with Crippen LogP contribution in [0.5, 0.6) is 6.01 Å². The molecule has 3 rings (SSSR count). The highest BCUT2D eigenvalue weighted by Gasteiger charge is 2.37. The van der Waals surface area contributed by atoms with Crippen molar-refractivity contribution in [1.29, 1.82) is 0 Å². The Labute approximate surface area is 120 Å². The van der Waals surface area contributed by atoms with Crippen LogP contribution in [0, 0.1) is 0 Å². The lowest BCUT2D eigenvalue weighted by Gasteiger charge is -2.15. The minimum atomic E-state index is -0.743. The molecule has 1 aliphatic rings. The molecule has 0 unspecified atom stereocenters. The Morgan fingerprint density at radius 1 is 1.52 bits per heavy atom. The van der Waals surface area contributed by atoms with E-state index in [0.29, 0.717) is 29.5 Å². The maximum atomic E-state index is 9.89. The number of ether oxygens (including phenoxy) is 2. The van der Waals surface area contributed by atoms with E-state index >= 15 is 0 Å². The number of aliphatic hydroxyl groups is 2. The minimum absolute atomic E-state index is 0.247. The summed E-state index contributed by atoms with van der Waals surface area (Å²) in [4.78, 5) is 12.8. The quantitative estimate of drug-likeness (QED) is 0.692. The fraction of sp³-hybridized carbons (Fsp3) is 0.583. The van der Waals surface area contributed by atoms with E-state index in [1.54, 1.807) is 17.8 Å². The normalized spacial score (nSPS) is 25.4. The van der Waals surface area contributed by atoms with Crippen molar-refractivity contribution in [3.05, 3.63) is 6.20 Å². The van der Waals surface area contributed by atoms with E-state index in [2.05, 4.69) is 20.3 Å². The Kier molecular flexibility index (Phi) is 3.62. The number of fused-ring (bicyclic) bond motifs is 1. The average molecular weight is 295 g/mol. The number of hydrogen-bond donors (Lipinski definition) is 3. The number of aliphatic hydroxyl groups excluding tert-OH is 2. The van der Waals surface area contributed by atoms with Crippen LogP contribution in [-0.4, -0.2) is 62.7 Å². The summed E-state index contributed by atoms with van der Waals surface area (Å²) < 4.78 is 12.6. The molecule has 9 nitrogen and oxygen atoms in total. The molecule has 114 valence electrons. The van der Waals surface area contributed by atoms with Gasteiger partial charge in [0.25, 0.3) is 0 Å². The fourth-order valence-corrected chi connectivity index (χ4v) is 2.43. The summed E-state index contributed by atoms with van der Waals surface area (Å²) >= 11 is 0. The van der Waals surface area contributed by atoms with Crippen molar-refractivity contribution in [3.63, 3.8) is 0 Å². The van der Waals surface area contributed by atoms with Gasteiger partial charge >= 0.3 is 6.01 Å². The van der Waals surface area contributed by atoms with Crippen LogP contribution in [0.3, 0.4) is 0 Å². The molecule has 3 N–H and O–H groups in total. The van der Waals surface area contributed by atoms with Crippen molar-refractivity contribution in [2.24, 2.45) is 0 Å². The molecule has 0 saturated carbocycles. The Hall–Kier alpha value is -1.97. The van der Waals surface area contributed by atoms with Crippen LogP contribution in [0.2, 0.25) is 0 Å². The predicted molar refractivity (Wildman–Crippen MR) is 73.0 cm³/mol. The molecule has 0 aliphatic carbocycles. The van der Waals surface area contributed by atoms with Crippen molar-refractivity contribution in [3.8, 4) is 6.01 Å². The molecule has 0 amide bonds. The first-order chi connectivity index (χ1) is 10.2. The van der Waals surface area contributed by atoms with Gasteiger partial charge in [-0.25, -0.2) is 4.98 Å². The minimum Gasteiger partial charge on any atom is -0.468 e. The van der Waals surface area contributed by atoms with Gasteiger partial charge in [0.2, 0.25) is 5.95 Å². The molecule has 21 heavy (non-hydrogen) atoms. The summed E-state index contributed by atoms with van der Waals surface area (Å²) in [5.41, 5.74) is 1.11. The van der Waals surface area contributed by atoms with Gasteiger partial charge in [0.05, 0.1) is 26.0 Å². The molecular formula is C12H17N5O4. The molecule has 1 fully saturated rings. The molecule has 0 aromatic carbocycles. The Balaban J connectivity index is 2.07. The van der Waals surface area contributed by atoms with Gasteiger partial charge in [-0.1, -0.05) is 0 Å². The molecule has 0 spiro atoms. The molecule has 2 aromatic rings. The first-order valence-corrected chi connectivity index (χ1v) is 6.59. The van der Waals surface area contributed by atoms with E-state index in [1.807, 2.05) is 0 Å².